The smallest absolute Gasteiger partial charge is 0.123 e. The number of hydrogen-bond acceptors (Lipinski definition) is 3. The molecule has 26 heavy (non-hydrogen) atoms. The number of halogens is 1. The number of H-pyrrole nitrogens is 1. The Balaban J connectivity index is 1.40. The first-order chi connectivity index (χ1) is 12.7. The minimum Gasteiger partial charge on any atom is -0.369 e. The molecule has 3 aromatic rings. The van der Waals surface area contributed by atoms with E-state index in [1.54, 1.807) is 12.1 Å². The average Bonchev–Trinajstić information content (AvgIpc) is 3.12. The van der Waals surface area contributed by atoms with Crippen molar-refractivity contribution in [3.63, 3.8) is 0 Å². The third-order valence-corrected chi connectivity index (χ3v) is 5.00. The Hall–Kier alpha value is -2.66. The lowest BCUT2D eigenvalue weighted by atomic mass is 10.1. The molecular weight excluding hydrogens is 327 g/mol. The SMILES string of the molecule is Cc1ccc(N2CCN(Cc3c[nH]nc3-c3ccc(F)cc3)CC2)cc1. The molecule has 2 heterocycles. The Kier molecular flexibility index (Phi) is 4.71. The molecule has 1 aliphatic rings. The summed E-state index contributed by atoms with van der Waals surface area (Å²) in [5.41, 5.74) is 5.60. The van der Waals surface area contributed by atoms with Crippen LogP contribution in [0.1, 0.15) is 11.1 Å². The third kappa shape index (κ3) is 3.63. The molecule has 1 aromatic heterocycles. The summed E-state index contributed by atoms with van der Waals surface area (Å²) in [7, 11) is 0. The lowest BCUT2D eigenvalue weighted by Gasteiger charge is -2.36. The Morgan fingerprint density at radius 3 is 2.35 bits per heavy atom. The van der Waals surface area contributed by atoms with Gasteiger partial charge in [0.2, 0.25) is 0 Å². The van der Waals surface area contributed by atoms with Crippen LogP contribution in [-0.4, -0.2) is 41.3 Å². The maximum atomic E-state index is 13.2. The monoisotopic (exact) mass is 350 g/mol. The van der Waals surface area contributed by atoms with Gasteiger partial charge in [0, 0.05) is 55.7 Å². The minimum atomic E-state index is -0.224. The second-order valence-corrected chi connectivity index (χ2v) is 6.86. The van der Waals surface area contributed by atoms with Crippen LogP contribution >= 0.6 is 0 Å². The van der Waals surface area contributed by atoms with Crippen LogP contribution in [0.5, 0.6) is 0 Å². The second-order valence-electron chi connectivity index (χ2n) is 6.86. The minimum absolute atomic E-state index is 0.224. The van der Waals surface area contributed by atoms with Gasteiger partial charge >= 0.3 is 0 Å². The van der Waals surface area contributed by atoms with Gasteiger partial charge in [-0.05, 0) is 43.3 Å². The quantitative estimate of drug-likeness (QED) is 0.776. The molecule has 0 spiro atoms. The zero-order chi connectivity index (χ0) is 17.9. The van der Waals surface area contributed by atoms with E-state index in [1.807, 2.05) is 6.20 Å². The standard InChI is InChI=1S/C21H23FN4/c1-16-2-8-20(9-3-16)26-12-10-25(11-13-26)15-18-14-23-24-21(18)17-4-6-19(22)7-5-17/h2-9,14H,10-13,15H2,1H3,(H,23,24). The van der Waals surface area contributed by atoms with E-state index in [1.165, 1.54) is 23.4 Å². The fraction of sp³-hybridized carbons (Fsp3) is 0.286. The zero-order valence-corrected chi connectivity index (χ0v) is 15.0. The first-order valence-corrected chi connectivity index (χ1v) is 9.01. The van der Waals surface area contributed by atoms with E-state index in [9.17, 15) is 4.39 Å². The van der Waals surface area contributed by atoms with E-state index in [4.69, 9.17) is 0 Å². The van der Waals surface area contributed by atoms with Gasteiger partial charge in [0.25, 0.3) is 0 Å². The van der Waals surface area contributed by atoms with Crippen molar-refractivity contribution in [2.75, 3.05) is 31.1 Å². The second kappa shape index (κ2) is 7.30. The predicted octanol–water partition coefficient (Wildman–Crippen LogP) is 3.85. The number of anilines is 1. The lowest BCUT2D eigenvalue weighted by Crippen LogP contribution is -2.45. The van der Waals surface area contributed by atoms with Crippen LogP contribution in [0.15, 0.2) is 54.7 Å². The van der Waals surface area contributed by atoms with Gasteiger partial charge in [-0.1, -0.05) is 17.7 Å². The summed E-state index contributed by atoms with van der Waals surface area (Å²) < 4.78 is 13.2. The Bertz CT molecular complexity index is 846. The van der Waals surface area contributed by atoms with Gasteiger partial charge in [0.05, 0.1) is 5.69 Å². The molecule has 5 heteroatoms. The number of aromatic nitrogens is 2. The summed E-state index contributed by atoms with van der Waals surface area (Å²) in [6, 6.07) is 15.3. The van der Waals surface area contributed by atoms with Crippen molar-refractivity contribution in [3.8, 4) is 11.3 Å². The van der Waals surface area contributed by atoms with E-state index >= 15 is 0 Å². The first-order valence-electron chi connectivity index (χ1n) is 9.01. The van der Waals surface area contributed by atoms with E-state index in [0.717, 1.165) is 49.5 Å². The topological polar surface area (TPSA) is 35.2 Å². The fourth-order valence-corrected chi connectivity index (χ4v) is 3.45. The maximum Gasteiger partial charge on any atom is 0.123 e. The molecule has 0 aliphatic carbocycles. The molecule has 2 aromatic carbocycles. The molecule has 134 valence electrons. The molecule has 1 saturated heterocycles. The predicted molar refractivity (Wildman–Crippen MR) is 103 cm³/mol. The van der Waals surface area contributed by atoms with Gasteiger partial charge in [0.1, 0.15) is 5.82 Å². The summed E-state index contributed by atoms with van der Waals surface area (Å²) >= 11 is 0. The molecule has 0 atom stereocenters. The number of rotatable bonds is 4. The van der Waals surface area contributed by atoms with E-state index in [-0.39, 0.29) is 5.82 Å². The highest BCUT2D eigenvalue weighted by Crippen LogP contribution is 2.24. The lowest BCUT2D eigenvalue weighted by molar-refractivity contribution is 0.250. The molecule has 0 saturated carbocycles. The van der Waals surface area contributed by atoms with Crippen LogP contribution in [0.25, 0.3) is 11.3 Å². The number of benzene rings is 2. The van der Waals surface area contributed by atoms with Crippen LogP contribution in [0.4, 0.5) is 10.1 Å². The highest BCUT2D eigenvalue weighted by atomic mass is 19.1. The molecule has 0 unspecified atom stereocenters. The third-order valence-electron chi connectivity index (χ3n) is 5.00. The number of aryl methyl sites for hydroxylation is 1. The van der Waals surface area contributed by atoms with Crippen LogP contribution in [-0.2, 0) is 6.54 Å². The van der Waals surface area contributed by atoms with Crippen molar-refractivity contribution < 1.29 is 4.39 Å². The van der Waals surface area contributed by atoms with Crippen LogP contribution in [0.2, 0.25) is 0 Å². The summed E-state index contributed by atoms with van der Waals surface area (Å²) in [6.45, 7) is 7.04. The van der Waals surface area contributed by atoms with Gasteiger partial charge < -0.3 is 4.90 Å². The van der Waals surface area contributed by atoms with Gasteiger partial charge in [-0.3, -0.25) is 10.00 Å². The van der Waals surface area contributed by atoms with Crippen LogP contribution < -0.4 is 4.90 Å². The van der Waals surface area contributed by atoms with Crippen molar-refractivity contribution >= 4 is 5.69 Å². The maximum absolute atomic E-state index is 13.2. The molecule has 1 aliphatic heterocycles. The van der Waals surface area contributed by atoms with Gasteiger partial charge in [0.15, 0.2) is 0 Å². The highest BCUT2D eigenvalue weighted by molar-refractivity contribution is 5.62. The van der Waals surface area contributed by atoms with E-state index in [2.05, 4.69) is 51.2 Å². The number of aromatic amines is 1. The first kappa shape index (κ1) is 16.8. The summed E-state index contributed by atoms with van der Waals surface area (Å²) in [5.74, 6) is -0.224. The Morgan fingerprint density at radius 1 is 0.962 bits per heavy atom. The van der Waals surface area contributed by atoms with Gasteiger partial charge in [-0.15, -0.1) is 0 Å². The van der Waals surface area contributed by atoms with Crippen molar-refractivity contribution in [1.29, 1.82) is 0 Å². The zero-order valence-electron chi connectivity index (χ0n) is 15.0. The van der Waals surface area contributed by atoms with Gasteiger partial charge in [-0.2, -0.15) is 5.10 Å². The molecular formula is C21H23FN4. The molecule has 1 N–H and O–H groups in total. The van der Waals surface area contributed by atoms with Crippen LogP contribution in [0.3, 0.4) is 0 Å². The van der Waals surface area contributed by atoms with Crippen molar-refractivity contribution in [1.82, 2.24) is 15.1 Å². The summed E-state index contributed by atoms with van der Waals surface area (Å²) in [4.78, 5) is 4.88. The van der Waals surface area contributed by atoms with Crippen LogP contribution in [0, 0.1) is 12.7 Å². The fourth-order valence-electron chi connectivity index (χ4n) is 3.45. The summed E-state index contributed by atoms with van der Waals surface area (Å²) in [6.07, 6.45) is 1.95. The number of nitrogens with one attached hydrogen (secondary N) is 1. The van der Waals surface area contributed by atoms with E-state index in [0.29, 0.717) is 0 Å². The molecule has 0 radical (unpaired) electrons. The Morgan fingerprint density at radius 2 is 1.65 bits per heavy atom. The number of piperazine rings is 1. The largest absolute Gasteiger partial charge is 0.369 e. The number of hydrogen-bond donors (Lipinski definition) is 1. The van der Waals surface area contributed by atoms with Crippen molar-refractivity contribution in [2.45, 2.75) is 13.5 Å². The van der Waals surface area contributed by atoms with Gasteiger partial charge in [-0.25, -0.2) is 4.39 Å². The normalized spacial score (nSPS) is 15.4. The molecule has 0 amide bonds. The summed E-state index contributed by atoms with van der Waals surface area (Å²) in [5, 5.41) is 7.33. The van der Waals surface area contributed by atoms with Crippen molar-refractivity contribution in [3.05, 3.63) is 71.7 Å². The Labute approximate surface area is 153 Å². The number of nitrogens with zero attached hydrogens (tertiary/aromatic N) is 3. The average molecular weight is 350 g/mol. The molecule has 0 bridgehead atoms. The highest BCUT2D eigenvalue weighted by Gasteiger charge is 2.19. The molecule has 4 nitrogen and oxygen atoms in total. The molecule has 4 rings (SSSR count). The van der Waals surface area contributed by atoms with Crippen molar-refractivity contribution in [2.24, 2.45) is 0 Å². The van der Waals surface area contributed by atoms with E-state index < -0.39 is 0 Å². The molecule has 1 fully saturated rings.